The Kier molecular flexibility index (Phi) is 13.2. The monoisotopic (exact) mass is 749 g/mol. The Morgan fingerprint density at radius 3 is 2.00 bits per heavy atom. The first kappa shape index (κ1) is 39.7. The van der Waals surface area contributed by atoms with E-state index >= 15 is 0 Å². The summed E-state index contributed by atoms with van der Waals surface area (Å²) < 4.78 is 40.8. The van der Waals surface area contributed by atoms with Crippen LogP contribution in [0.25, 0.3) is 28.5 Å². The topological polar surface area (TPSA) is 85.7 Å². The molecule has 0 fully saturated rings. The molecule has 9 heteroatoms. The van der Waals surface area contributed by atoms with Crippen LogP contribution in [0.2, 0.25) is 5.04 Å². The predicted molar refractivity (Wildman–Crippen MR) is 217 cm³/mol. The number of carbonyl (C=O) groups is 1. The molecule has 1 unspecified atom stereocenters. The van der Waals surface area contributed by atoms with E-state index in [0.717, 1.165) is 49.6 Å². The van der Waals surface area contributed by atoms with Crippen molar-refractivity contribution in [2.45, 2.75) is 65.0 Å². The van der Waals surface area contributed by atoms with Gasteiger partial charge in [-0.15, -0.1) is 0 Å². The predicted octanol–water partition coefficient (Wildman–Crippen LogP) is 9.91. The van der Waals surface area contributed by atoms with Crippen LogP contribution in [0.4, 0.5) is 4.39 Å². The Hall–Kier alpha value is -4.46. The summed E-state index contributed by atoms with van der Waals surface area (Å²) >= 11 is 0. The van der Waals surface area contributed by atoms with Gasteiger partial charge in [-0.1, -0.05) is 144 Å². The quantitative estimate of drug-likeness (QED) is 0.0848. The molecule has 1 N–H and O–H groups in total. The van der Waals surface area contributed by atoms with Crippen LogP contribution < -0.4 is 10.4 Å². The molecule has 1 aromatic heterocycles. The minimum absolute atomic E-state index is 0.0383. The van der Waals surface area contributed by atoms with Gasteiger partial charge in [-0.2, -0.15) is 0 Å². The fourth-order valence-corrected chi connectivity index (χ4v) is 12.8. The molecule has 0 saturated heterocycles. The summed E-state index contributed by atoms with van der Waals surface area (Å²) in [7, 11) is -5.84. The van der Waals surface area contributed by atoms with Crippen molar-refractivity contribution < 1.29 is 27.8 Å². The van der Waals surface area contributed by atoms with Gasteiger partial charge in [0.2, 0.25) is 0 Å². The van der Waals surface area contributed by atoms with Gasteiger partial charge in [-0.25, -0.2) is 4.39 Å². The number of aromatic nitrogens is 1. The van der Waals surface area contributed by atoms with Crippen LogP contribution in [0.5, 0.6) is 0 Å². The molecule has 276 valence electrons. The third-order valence-electron chi connectivity index (χ3n) is 9.37. The highest BCUT2D eigenvalue weighted by atomic mass is 31.1. The lowest BCUT2D eigenvalue weighted by Crippen LogP contribution is -2.68. The number of pyridine rings is 1. The fraction of sp³-hybridized carbons (Fsp3) is 0.273. The molecule has 5 aromatic rings. The molecule has 0 radical (unpaired) electrons. The highest BCUT2D eigenvalue weighted by molar-refractivity contribution is 7.39. The molecule has 2 atom stereocenters. The van der Waals surface area contributed by atoms with E-state index < -0.39 is 28.4 Å². The molecule has 53 heavy (non-hydrogen) atoms. The number of rotatable bonds is 15. The lowest BCUT2D eigenvalue weighted by atomic mass is 9.90. The van der Waals surface area contributed by atoms with Gasteiger partial charge in [0.1, 0.15) is 5.82 Å². The number of nitrogens with zero attached hydrogens (tertiary/aromatic N) is 1. The molecule has 0 saturated carbocycles. The number of aliphatic carboxylic acids is 1. The summed E-state index contributed by atoms with van der Waals surface area (Å²) in [5.41, 5.74) is 6.13. The van der Waals surface area contributed by atoms with Crippen molar-refractivity contribution in [3.05, 3.63) is 144 Å². The Labute approximate surface area is 314 Å². The van der Waals surface area contributed by atoms with Gasteiger partial charge in [0, 0.05) is 17.3 Å². The minimum atomic E-state index is -3.11. The molecule has 0 bridgehead atoms. The van der Waals surface area contributed by atoms with E-state index in [4.69, 9.17) is 13.9 Å². The summed E-state index contributed by atoms with van der Waals surface area (Å²) in [6.07, 6.45) is 2.55. The zero-order valence-corrected chi connectivity index (χ0v) is 33.3. The first-order valence-corrected chi connectivity index (χ1v) is 21.4. The maximum Gasteiger partial charge on any atom is 0.305 e. The molecule has 0 amide bonds. The zero-order chi connectivity index (χ0) is 38.2. The molecule has 0 aliphatic heterocycles. The van der Waals surface area contributed by atoms with Crippen molar-refractivity contribution in [1.29, 1.82) is 0 Å². The van der Waals surface area contributed by atoms with E-state index in [1.54, 1.807) is 6.07 Å². The van der Waals surface area contributed by atoms with Crippen LogP contribution in [-0.4, -0.2) is 43.2 Å². The molecule has 5 rings (SSSR count). The van der Waals surface area contributed by atoms with E-state index in [9.17, 15) is 18.9 Å². The zero-order valence-electron chi connectivity index (χ0n) is 31.3. The van der Waals surface area contributed by atoms with Gasteiger partial charge in [-0.05, 0) is 63.1 Å². The van der Waals surface area contributed by atoms with E-state index in [1.807, 2.05) is 116 Å². The second-order valence-corrected chi connectivity index (χ2v) is 20.3. The molecule has 0 aliphatic rings. The molecule has 0 aliphatic carbocycles. The number of carboxylic acids is 1. The lowest BCUT2D eigenvalue weighted by Gasteiger charge is -2.45. The fourth-order valence-electron chi connectivity index (χ4n) is 6.94. The Bertz CT molecular complexity index is 2010. The summed E-state index contributed by atoms with van der Waals surface area (Å²) in [6.45, 7) is 12.5. The van der Waals surface area contributed by atoms with Gasteiger partial charge in [0.05, 0.1) is 30.5 Å². The maximum absolute atomic E-state index is 14.2. The SMILES string of the molecule is Cc1cc(F)ccc1-c1cc(-c2ccccc2)nc(C(C)C)c1/C=C/CO[PH](=O)C[C@H](CC(=O)O)O[Si](c1ccccc1)(c1ccccc1)C(C)(C)C. The summed E-state index contributed by atoms with van der Waals surface area (Å²) in [5, 5.41) is 11.6. The Morgan fingerprint density at radius 2 is 1.47 bits per heavy atom. The molecular weight excluding hydrogens is 701 g/mol. The van der Waals surface area contributed by atoms with Crippen molar-refractivity contribution in [2.75, 3.05) is 12.8 Å². The number of hydrogen-bond acceptors (Lipinski definition) is 5. The number of aryl methyl sites for hydroxylation is 1. The molecular formula is C44H49FNO5PSi. The average molecular weight is 750 g/mol. The second-order valence-electron chi connectivity index (χ2n) is 14.6. The molecule has 0 spiro atoms. The van der Waals surface area contributed by atoms with Crippen molar-refractivity contribution in [2.24, 2.45) is 0 Å². The van der Waals surface area contributed by atoms with Crippen molar-refractivity contribution in [1.82, 2.24) is 4.98 Å². The average Bonchev–Trinajstić information content (AvgIpc) is 3.12. The van der Waals surface area contributed by atoms with Gasteiger partial charge < -0.3 is 14.1 Å². The lowest BCUT2D eigenvalue weighted by molar-refractivity contribution is -0.138. The highest BCUT2D eigenvalue weighted by Gasteiger charge is 2.51. The van der Waals surface area contributed by atoms with E-state index in [-0.39, 0.29) is 36.0 Å². The number of carboxylic acid groups (broad SMARTS) is 1. The van der Waals surface area contributed by atoms with Crippen LogP contribution >= 0.6 is 8.03 Å². The number of halogens is 1. The number of benzene rings is 4. The first-order chi connectivity index (χ1) is 25.3. The third-order valence-corrected chi connectivity index (χ3v) is 15.7. The molecule has 6 nitrogen and oxygen atoms in total. The molecule has 1 heterocycles. The van der Waals surface area contributed by atoms with Crippen molar-refractivity contribution in [3.8, 4) is 22.4 Å². The van der Waals surface area contributed by atoms with Crippen LogP contribution in [-0.2, 0) is 18.3 Å². The standard InChI is InChI=1S/C44H49FNO5PSi/c1-31(2)43-39(40(38-25-24-34(45)27-32(38)3)29-41(46-43)33-17-10-7-11-18-33)23-16-26-50-52(49)30-35(28-42(47)48)51-53(44(4,5)6,36-19-12-8-13-20-36)37-21-14-9-15-22-37/h7-25,27,29,31,35,52H,26,28,30H2,1-6H3,(H,47,48)/b23-16+/t35-/m0/s1. The number of hydrogen-bond donors (Lipinski definition) is 1. The maximum atomic E-state index is 14.2. The summed E-state index contributed by atoms with van der Waals surface area (Å²) in [5.74, 6) is -1.27. The van der Waals surface area contributed by atoms with E-state index in [2.05, 4.69) is 34.6 Å². The van der Waals surface area contributed by atoms with Crippen molar-refractivity contribution >= 4 is 38.8 Å². The third kappa shape index (κ3) is 9.56. The Balaban J connectivity index is 1.43. The van der Waals surface area contributed by atoms with E-state index in [1.165, 1.54) is 12.1 Å². The van der Waals surface area contributed by atoms with E-state index in [0.29, 0.717) is 0 Å². The minimum Gasteiger partial charge on any atom is -0.481 e. The first-order valence-electron chi connectivity index (χ1n) is 18.0. The second kappa shape index (κ2) is 17.6. The van der Waals surface area contributed by atoms with Crippen molar-refractivity contribution in [3.63, 3.8) is 0 Å². The summed E-state index contributed by atoms with van der Waals surface area (Å²) in [4.78, 5) is 17.2. The largest absolute Gasteiger partial charge is 0.481 e. The van der Waals surface area contributed by atoms with Gasteiger partial charge in [-0.3, -0.25) is 14.3 Å². The van der Waals surface area contributed by atoms with Crippen LogP contribution in [0.1, 0.15) is 63.8 Å². The van der Waals surface area contributed by atoms with Crippen LogP contribution in [0.3, 0.4) is 0 Å². The van der Waals surface area contributed by atoms with Gasteiger partial charge in [0.15, 0.2) is 8.03 Å². The summed E-state index contributed by atoms with van der Waals surface area (Å²) in [6, 6.07) is 36.7. The Morgan fingerprint density at radius 1 is 0.887 bits per heavy atom. The highest BCUT2D eigenvalue weighted by Crippen LogP contribution is 2.40. The van der Waals surface area contributed by atoms with Gasteiger partial charge >= 0.3 is 5.97 Å². The van der Waals surface area contributed by atoms with Crippen LogP contribution in [0.15, 0.2) is 121 Å². The smallest absolute Gasteiger partial charge is 0.305 e. The molecule has 4 aromatic carbocycles. The van der Waals surface area contributed by atoms with Crippen LogP contribution in [0, 0.1) is 12.7 Å². The normalized spacial score (nSPS) is 13.4. The van der Waals surface area contributed by atoms with Gasteiger partial charge in [0.25, 0.3) is 8.32 Å².